The fourth-order valence-electron chi connectivity index (χ4n) is 7.12. The number of halogens is 2. The summed E-state index contributed by atoms with van der Waals surface area (Å²) in [5.74, 6) is 1.67. The number of aromatic nitrogens is 2. The zero-order chi connectivity index (χ0) is 34.8. The number of benzene rings is 2. The van der Waals surface area contributed by atoms with Crippen molar-refractivity contribution in [3.05, 3.63) is 81.8 Å². The largest absolute Gasteiger partial charge is 0.481 e. The summed E-state index contributed by atoms with van der Waals surface area (Å²) in [5.41, 5.74) is 6.70. The third-order valence-corrected chi connectivity index (χ3v) is 10.7. The molecule has 0 unspecified atom stereocenters. The van der Waals surface area contributed by atoms with Crippen LogP contribution < -0.4 is 30.9 Å². The molecule has 2 fully saturated rings. The molecule has 3 aliphatic heterocycles. The fourth-order valence-corrected chi connectivity index (χ4v) is 7.76. The minimum Gasteiger partial charge on any atom is -0.481 e. The molecule has 7 rings (SSSR count). The van der Waals surface area contributed by atoms with Crippen LogP contribution in [0.25, 0.3) is 33.6 Å². The Morgan fingerprint density at radius 1 is 0.800 bits per heavy atom. The third kappa shape index (κ3) is 7.16. The monoisotopic (exact) mass is 713 g/mol. The molecule has 2 saturated heterocycles. The smallest absolute Gasteiger partial charge is 0.220 e. The minimum atomic E-state index is 0.103. The normalized spacial score (nSPS) is 20.1. The van der Waals surface area contributed by atoms with Gasteiger partial charge < -0.3 is 30.9 Å². The second-order valence-corrected chi connectivity index (χ2v) is 14.0. The molecule has 4 N–H and O–H groups in total. The quantitative estimate of drug-likeness (QED) is 0.152. The van der Waals surface area contributed by atoms with E-state index < -0.39 is 0 Å². The van der Waals surface area contributed by atoms with Gasteiger partial charge in [0.1, 0.15) is 5.82 Å². The van der Waals surface area contributed by atoms with Crippen LogP contribution >= 0.6 is 23.2 Å². The fraction of sp³-hybridized carbons (Fsp3) is 0.368. The predicted octanol–water partition coefficient (Wildman–Crippen LogP) is 5.91. The molecule has 12 heteroatoms. The molecule has 3 aliphatic rings. The van der Waals surface area contributed by atoms with Crippen LogP contribution in [0.3, 0.4) is 0 Å². The summed E-state index contributed by atoms with van der Waals surface area (Å²) < 4.78 is 5.67. The molecule has 0 saturated carbocycles. The number of hydrogen-bond donors (Lipinski definition) is 4. The first-order valence-corrected chi connectivity index (χ1v) is 17.9. The lowest BCUT2D eigenvalue weighted by Gasteiger charge is -2.33. The zero-order valence-corrected chi connectivity index (χ0v) is 29.7. The Morgan fingerprint density at radius 3 is 2.02 bits per heavy atom. The molecule has 2 aromatic heterocycles. The summed E-state index contributed by atoms with van der Waals surface area (Å²) in [5, 5.41) is 14.2. The van der Waals surface area contributed by atoms with Gasteiger partial charge in [0, 0.05) is 97.6 Å². The lowest BCUT2D eigenvalue weighted by molar-refractivity contribution is -0.120. The van der Waals surface area contributed by atoms with E-state index in [-0.39, 0.29) is 29.9 Å². The van der Waals surface area contributed by atoms with Crippen LogP contribution in [0, 0.1) is 0 Å². The summed E-state index contributed by atoms with van der Waals surface area (Å²) >= 11 is 14.3. The number of rotatable bonds is 11. The van der Waals surface area contributed by atoms with Gasteiger partial charge in [0.2, 0.25) is 17.7 Å². The van der Waals surface area contributed by atoms with Crippen molar-refractivity contribution in [3.63, 3.8) is 0 Å². The number of carbonyl (C=O) groups is 2. The maximum Gasteiger partial charge on any atom is 0.220 e. The van der Waals surface area contributed by atoms with Crippen LogP contribution in [0.15, 0.2) is 60.7 Å². The highest BCUT2D eigenvalue weighted by molar-refractivity contribution is 6.39. The minimum absolute atomic E-state index is 0.103. The maximum atomic E-state index is 11.7. The lowest BCUT2D eigenvalue weighted by atomic mass is 9.96. The first-order valence-electron chi connectivity index (χ1n) is 17.2. The van der Waals surface area contributed by atoms with Crippen LogP contribution in [0.4, 0.5) is 5.82 Å². The number of ether oxygens (including phenoxy) is 1. The van der Waals surface area contributed by atoms with E-state index in [1.807, 2.05) is 54.6 Å². The summed E-state index contributed by atoms with van der Waals surface area (Å²) in [6.45, 7) is 2.84. The Morgan fingerprint density at radius 2 is 1.40 bits per heavy atom. The van der Waals surface area contributed by atoms with Crippen LogP contribution in [0.1, 0.15) is 49.3 Å². The van der Waals surface area contributed by atoms with Gasteiger partial charge in [0.05, 0.1) is 28.5 Å². The predicted molar refractivity (Wildman–Crippen MR) is 198 cm³/mol. The van der Waals surface area contributed by atoms with Crippen molar-refractivity contribution >= 4 is 40.8 Å². The van der Waals surface area contributed by atoms with Gasteiger partial charge in [-0.1, -0.05) is 71.7 Å². The first-order chi connectivity index (χ1) is 24.3. The van der Waals surface area contributed by atoms with Crippen molar-refractivity contribution in [1.29, 1.82) is 0 Å². The Bertz CT molecular complexity index is 1920. The van der Waals surface area contributed by atoms with E-state index in [0.29, 0.717) is 47.6 Å². The second kappa shape index (κ2) is 14.9. The molecule has 260 valence electrons. The van der Waals surface area contributed by atoms with Gasteiger partial charge in [0.25, 0.3) is 0 Å². The van der Waals surface area contributed by atoms with Crippen LogP contribution in [0.2, 0.25) is 10.0 Å². The average Bonchev–Trinajstić information content (AvgIpc) is 3.75. The van der Waals surface area contributed by atoms with Crippen molar-refractivity contribution in [2.45, 2.75) is 56.8 Å². The summed E-state index contributed by atoms with van der Waals surface area (Å²) in [7, 11) is 3.67. The molecule has 4 aromatic rings. The molecule has 5 heterocycles. The Balaban J connectivity index is 1.12. The summed E-state index contributed by atoms with van der Waals surface area (Å²) in [4.78, 5) is 35.3. The van der Waals surface area contributed by atoms with Gasteiger partial charge in [-0.3, -0.25) is 9.59 Å². The van der Waals surface area contributed by atoms with Crippen molar-refractivity contribution < 1.29 is 14.3 Å². The molecule has 2 amide bonds. The number of fused-ring (bicyclic) bond motifs is 1. The van der Waals surface area contributed by atoms with E-state index in [4.69, 9.17) is 37.9 Å². The molecule has 50 heavy (non-hydrogen) atoms. The number of carbonyl (C=O) groups excluding carboxylic acids is 2. The van der Waals surface area contributed by atoms with Crippen LogP contribution in [0.5, 0.6) is 5.88 Å². The van der Waals surface area contributed by atoms with Crippen LogP contribution in [-0.2, 0) is 16.1 Å². The molecule has 0 spiro atoms. The van der Waals surface area contributed by atoms with E-state index in [1.165, 1.54) is 0 Å². The topological polar surface area (TPSA) is 121 Å². The standard InChI is InChI=1S/C38H41Cl2N7O3/c1-47-18-17-30(42-21-24-11-16-34(49)44-24)29-12-14-31(45-37(29)47)27-7-3-5-25(35(27)39)26-6-4-8-28(36(26)40)32-13-9-22(38(46-32)50-2)19-41-20-23-10-15-33(48)43-23/h3-9,12-14,23-24,30,41-42H,10-11,15-21H2,1-2H3,(H,43,48)(H,44,49)/t23-,24-,30+/m0/s1. The van der Waals surface area contributed by atoms with Gasteiger partial charge in [-0.15, -0.1) is 0 Å². The van der Waals surface area contributed by atoms with Crippen molar-refractivity contribution in [1.82, 2.24) is 31.2 Å². The van der Waals surface area contributed by atoms with Gasteiger partial charge >= 0.3 is 0 Å². The van der Waals surface area contributed by atoms with Crippen LogP contribution in [-0.4, -0.2) is 67.7 Å². The Hall–Kier alpha value is -4.22. The maximum absolute atomic E-state index is 11.7. The number of pyridine rings is 2. The van der Waals surface area contributed by atoms with E-state index in [9.17, 15) is 9.59 Å². The lowest BCUT2D eigenvalue weighted by Crippen LogP contribution is -2.40. The molecular weight excluding hydrogens is 673 g/mol. The number of nitrogens with zero attached hydrogens (tertiary/aromatic N) is 3. The van der Waals surface area contributed by atoms with Gasteiger partial charge in [-0.05, 0) is 31.4 Å². The van der Waals surface area contributed by atoms with Crippen molar-refractivity contribution in [3.8, 4) is 39.5 Å². The molecular formula is C38H41Cl2N7O3. The number of hydrogen-bond acceptors (Lipinski definition) is 8. The first kappa shape index (κ1) is 34.2. The molecule has 0 radical (unpaired) electrons. The number of nitrogens with one attached hydrogen (secondary N) is 4. The van der Waals surface area contributed by atoms with Gasteiger partial charge in [-0.2, -0.15) is 0 Å². The van der Waals surface area contributed by atoms with E-state index >= 15 is 0 Å². The van der Waals surface area contributed by atoms with Crippen molar-refractivity contribution in [2.24, 2.45) is 0 Å². The van der Waals surface area contributed by atoms with E-state index in [1.54, 1.807) is 7.11 Å². The number of methoxy groups -OCH3 is 1. The van der Waals surface area contributed by atoms with Gasteiger partial charge in [0.15, 0.2) is 0 Å². The number of anilines is 1. The highest BCUT2D eigenvalue weighted by Gasteiger charge is 2.28. The summed E-state index contributed by atoms with van der Waals surface area (Å²) in [6, 6.07) is 20.4. The van der Waals surface area contributed by atoms with E-state index in [0.717, 1.165) is 77.2 Å². The summed E-state index contributed by atoms with van der Waals surface area (Å²) in [6.07, 6.45) is 3.83. The zero-order valence-electron chi connectivity index (χ0n) is 28.2. The molecule has 2 aromatic carbocycles. The SMILES string of the molecule is COc1nc(-c2cccc(-c3cccc(-c4ccc5c(n4)N(C)CC[C@H]5NC[C@@H]4CCC(=O)N4)c3Cl)c2Cl)ccc1CNC[C@@H]1CCC(=O)N1. The molecule has 0 bridgehead atoms. The number of amides is 2. The molecule has 10 nitrogen and oxygen atoms in total. The average molecular weight is 715 g/mol. The van der Waals surface area contributed by atoms with E-state index in [2.05, 4.69) is 39.3 Å². The molecule has 0 aliphatic carbocycles. The highest BCUT2D eigenvalue weighted by Crippen LogP contribution is 2.43. The van der Waals surface area contributed by atoms with Gasteiger partial charge in [-0.25, -0.2) is 9.97 Å². The Labute approximate surface area is 302 Å². The highest BCUT2D eigenvalue weighted by atomic mass is 35.5. The van der Waals surface area contributed by atoms with Crippen molar-refractivity contribution in [2.75, 3.05) is 38.7 Å². The third-order valence-electron chi connectivity index (χ3n) is 9.85. The second-order valence-electron chi connectivity index (χ2n) is 13.2. The Kier molecular flexibility index (Phi) is 10.2. The molecule has 3 atom stereocenters.